The van der Waals surface area contributed by atoms with Crippen LogP contribution in [0.1, 0.15) is 5.56 Å². The van der Waals surface area contributed by atoms with E-state index in [1.165, 1.54) is 32.4 Å². The summed E-state index contributed by atoms with van der Waals surface area (Å²) in [6.45, 7) is 0. The van der Waals surface area contributed by atoms with Gasteiger partial charge in [-0.3, -0.25) is 4.28 Å². The SMILES string of the molecule is COc1ccc(C(=NOS(C)(=O)=O)C(=O)O)cc1OC. The van der Waals surface area contributed by atoms with Crippen molar-refractivity contribution in [3.8, 4) is 11.5 Å². The smallest absolute Gasteiger partial charge is 0.358 e. The fourth-order valence-electron chi connectivity index (χ4n) is 1.30. The number of ether oxygens (including phenoxy) is 2. The van der Waals surface area contributed by atoms with Gasteiger partial charge in [-0.05, 0) is 18.2 Å². The van der Waals surface area contributed by atoms with Gasteiger partial charge in [-0.25, -0.2) is 4.79 Å². The lowest BCUT2D eigenvalue weighted by Gasteiger charge is -2.09. The highest BCUT2D eigenvalue weighted by atomic mass is 32.2. The Morgan fingerprint density at radius 2 is 1.80 bits per heavy atom. The lowest BCUT2D eigenvalue weighted by atomic mass is 10.1. The summed E-state index contributed by atoms with van der Waals surface area (Å²) in [5, 5.41) is 12.2. The first-order valence-corrected chi connectivity index (χ1v) is 7.02. The van der Waals surface area contributed by atoms with Gasteiger partial charge in [0.2, 0.25) is 0 Å². The molecule has 9 heteroatoms. The van der Waals surface area contributed by atoms with E-state index < -0.39 is 21.8 Å². The molecule has 0 atom stereocenters. The summed E-state index contributed by atoms with van der Waals surface area (Å²) in [5.74, 6) is -0.774. The zero-order valence-electron chi connectivity index (χ0n) is 11.0. The van der Waals surface area contributed by atoms with Crippen LogP contribution < -0.4 is 9.47 Å². The summed E-state index contributed by atoms with van der Waals surface area (Å²) in [6, 6.07) is 4.20. The zero-order chi connectivity index (χ0) is 15.3. The van der Waals surface area contributed by atoms with Gasteiger partial charge < -0.3 is 14.6 Å². The van der Waals surface area contributed by atoms with Crippen molar-refractivity contribution in [1.29, 1.82) is 0 Å². The van der Waals surface area contributed by atoms with Crippen molar-refractivity contribution in [1.82, 2.24) is 0 Å². The van der Waals surface area contributed by atoms with Gasteiger partial charge >= 0.3 is 16.1 Å². The molecule has 0 aliphatic heterocycles. The minimum absolute atomic E-state index is 0.110. The quantitative estimate of drug-likeness (QED) is 0.600. The van der Waals surface area contributed by atoms with Crippen LogP contribution in [0.5, 0.6) is 11.5 Å². The van der Waals surface area contributed by atoms with Gasteiger partial charge in [0.15, 0.2) is 17.2 Å². The van der Waals surface area contributed by atoms with E-state index in [9.17, 15) is 13.2 Å². The maximum absolute atomic E-state index is 11.1. The Morgan fingerprint density at radius 1 is 1.20 bits per heavy atom. The van der Waals surface area contributed by atoms with Crippen LogP contribution >= 0.6 is 0 Å². The number of carboxylic acids is 1. The van der Waals surface area contributed by atoms with Crippen molar-refractivity contribution in [3.63, 3.8) is 0 Å². The van der Waals surface area contributed by atoms with E-state index in [0.29, 0.717) is 5.75 Å². The van der Waals surface area contributed by atoms with Crippen LogP contribution in [0.2, 0.25) is 0 Å². The molecule has 0 bridgehead atoms. The Balaban J connectivity index is 3.26. The van der Waals surface area contributed by atoms with Gasteiger partial charge in [-0.15, -0.1) is 0 Å². The molecule has 0 spiro atoms. The molecule has 0 aromatic heterocycles. The highest BCUT2D eigenvalue weighted by Crippen LogP contribution is 2.27. The van der Waals surface area contributed by atoms with E-state index in [-0.39, 0.29) is 11.3 Å². The Kier molecular flexibility index (Phi) is 4.92. The Labute approximate surface area is 115 Å². The molecule has 8 nitrogen and oxygen atoms in total. The van der Waals surface area contributed by atoms with Gasteiger partial charge in [0.25, 0.3) is 0 Å². The van der Waals surface area contributed by atoms with Gasteiger partial charge in [-0.1, -0.05) is 5.16 Å². The molecule has 1 rings (SSSR count). The first kappa shape index (κ1) is 15.8. The highest BCUT2D eigenvalue weighted by Gasteiger charge is 2.17. The molecule has 0 radical (unpaired) electrons. The van der Waals surface area contributed by atoms with Crippen LogP contribution in [0, 0.1) is 0 Å². The standard InChI is InChI=1S/C11H13NO7S/c1-17-8-5-4-7(6-9(8)18-2)10(11(13)14)12-19-20(3,15)16/h4-6H,1-3H3,(H,13,14). The first-order chi connectivity index (χ1) is 9.28. The van der Waals surface area contributed by atoms with Gasteiger partial charge in [0.05, 0.1) is 20.5 Å². The maximum Gasteiger partial charge on any atom is 0.358 e. The summed E-state index contributed by atoms with van der Waals surface area (Å²) in [5.41, 5.74) is -0.463. The van der Waals surface area contributed by atoms with Crippen molar-refractivity contribution in [2.45, 2.75) is 0 Å². The topological polar surface area (TPSA) is 111 Å². The second kappa shape index (κ2) is 6.24. The number of hydrogen-bond acceptors (Lipinski definition) is 7. The lowest BCUT2D eigenvalue weighted by Crippen LogP contribution is -2.16. The third kappa shape index (κ3) is 4.12. The average molecular weight is 303 g/mol. The van der Waals surface area contributed by atoms with Crippen LogP contribution in [0.25, 0.3) is 0 Å². The van der Waals surface area contributed by atoms with Crippen molar-refractivity contribution in [2.75, 3.05) is 20.5 Å². The third-order valence-electron chi connectivity index (χ3n) is 2.12. The average Bonchev–Trinajstić information content (AvgIpc) is 2.36. The molecule has 0 aliphatic carbocycles. The molecule has 1 aromatic carbocycles. The van der Waals surface area contributed by atoms with E-state index in [1.54, 1.807) is 0 Å². The molecule has 1 N–H and O–H groups in total. The number of carboxylic acid groups (broad SMARTS) is 1. The van der Waals surface area contributed by atoms with Gasteiger partial charge in [-0.2, -0.15) is 8.42 Å². The number of hydrogen-bond donors (Lipinski definition) is 1. The van der Waals surface area contributed by atoms with Crippen LogP contribution in [0.3, 0.4) is 0 Å². The van der Waals surface area contributed by atoms with E-state index in [0.717, 1.165) is 6.26 Å². The summed E-state index contributed by atoms with van der Waals surface area (Å²) in [4.78, 5) is 11.1. The first-order valence-electron chi connectivity index (χ1n) is 5.20. The molecule has 20 heavy (non-hydrogen) atoms. The van der Waals surface area contributed by atoms with Crippen LogP contribution in [-0.4, -0.2) is 45.7 Å². The predicted octanol–water partition coefficient (Wildman–Crippen LogP) is 0.469. The van der Waals surface area contributed by atoms with Gasteiger partial charge in [0, 0.05) is 5.56 Å². The molecule has 0 saturated carbocycles. The molecular formula is C11H13NO7S. The van der Waals surface area contributed by atoms with Crippen LogP contribution in [0.4, 0.5) is 0 Å². The monoisotopic (exact) mass is 303 g/mol. The van der Waals surface area contributed by atoms with Crippen LogP contribution in [-0.2, 0) is 19.2 Å². The Hall–Kier alpha value is -2.29. The van der Waals surface area contributed by atoms with E-state index >= 15 is 0 Å². The number of nitrogens with zero attached hydrogens (tertiary/aromatic N) is 1. The Morgan fingerprint density at radius 3 is 2.25 bits per heavy atom. The summed E-state index contributed by atoms with van der Waals surface area (Å²) in [7, 11) is -1.09. The second-order valence-electron chi connectivity index (χ2n) is 3.59. The molecule has 0 fully saturated rings. The number of oxime groups is 1. The fourth-order valence-corrected chi connectivity index (χ4v) is 1.51. The molecule has 0 unspecified atom stereocenters. The Bertz CT molecular complexity index is 636. The van der Waals surface area contributed by atoms with Crippen molar-refractivity contribution >= 4 is 21.8 Å². The predicted molar refractivity (Wildman–Crippen MR) is 69.6 cm³/mol. The van der Waals surface area contributed by atoms with Crippen molar-refractivity contribution in [3.05, 3.63) is 23.8 Å². The molecular weight excluding hydrogens is 290 g/mol. The number of benzene rings is 1. The second-order valence-corrected chi connectivity index (χ2v) is 5.15. The minimum atomic E-state index is -3.90. The van der Waals surface area contributed by atoms with Crippen molar-refractivity contribution in [2.24, 2.45) is 5.16 Å². The molecule has 0 heterocycles. The maximum atomic E-state index is 11.1. The number of rotatable bonds is 6. The largest absolute Gasteiger partial charge is 0.493 e. The van der Waals surface area contributed by atoms with E-state index in [1.807, 2.05) is 0 Å². The molecule has 0 saturated heterocycles. The highest BCUT2D eigenvalue weighted by molar-refractivity contribution is 7.85. The number of carbonyl (C=O) groups is 1. The van der Waals surface area contributed by atoms with Crippen LogP contribution in [0.15, 0.2) is 23.4 Å². The number of aliphatic carboxylic acids is 1. The van der Waals surface area contributed by atoms with Gasteiger partial charge in [0.1, 0.15) is 0 Å². The molecule has 110 valence electrons. The fraction of sp³-hybridized carbons (Fsp3) is 0.273. The molecule has 1 aromatic rings. The normalized spacial score (nSPS) is 11.8. The summed E-state index contributed by atoms with van der Waals surface area (Å²) < 4.78 is 35.9. The minimum Gasteiger partial charge on any atom is -0.493 e. The summed E-state index contributed by atoms with van der Waals surface area (Å²) >= 11 is 0. The molecule has 0 aliphatic rings. The third-order valence-corrected chi connectivity index (χ3v) is 2.47. The van der Waals surface area contributed by atoms with E-state index in [2.05, 4.69) is 9.44 Å². The molecule has 0 amide bonds. The van der Waals surface area contributed by atoms with E-state index in [4.69, 9.17) is 14.6 Å². The van der Waals surface area contributed by atoms with Crippen molar-refractivity contribution < 1.29 is 32.1 Å². The lowest BCUT2D eigenvalue weighted by molar-refractivity contribution is -0.129. The number of methoxy groups -OCH3 is 2. The zero-order valence-corrected chi connectivity index (χ0v) is 11.8. The summed E-state index contributed by atoms with van der Waals surface area (Å²) in [6.07, 6.45) is 0.755.